The van der Waals surface area contributed by atoms with Gasteiger partial charge in [-0.3, -0.25) is 0 Å². The van der Waals surface area contributed by atoms with Gasteiger partial charge in [0.1, 0.15) is 0 Å². The van der Waals surface area contributed by atoms with Crippen LogP contribution in [0, 0.1) is 0 Å². The van der Waals surface area contributed by atoms with E-state index >= 15 is 0 Å². The number of nitrogen functional groups attached to an aromatic ring is 1. The summed E-state index contributed by atoms with van der Waals surface area (Å²) in [6.45, 7) is 2.99. The van der Waals surface area contributed by atoms with Crippen LogP contribution in [0.1, 0.15) is 30.1 Å². The number of nitrogens with two attached hydrogens (primary N) is 1. The monoisotopic (exact) mass is 281 g/mol. The molecule has 1 fully saturated rings. The highest BCUT2D eigenvalue weighted by Gasteiger charge is 2.19. The molecule has 2 N–H and O–H groups in total. The summed E-state index contributed by atoms with van der Waals surface area (Å²) in [5, 5.41) is 0. The van der Waals surface area contributed by atoms with Crippen LogP contribution >= 0.6 is 11.8 Å². The summed E-state index contributed by atoms with van der Waals surface area (Å²) in [6.07, 6.45) is 2.45. The van der Waals surface area contributed by atoms with Crippen molar-refractivity contribution in [1.82, 2.24) is 0 Å². The first-order valence-corrected chi connectivity index (χ1v) is 7.51. The lowest BCUT2D eigenvalue weighted by Gasteiger charge is -2.13. The van der Waals surface area contributed by atoms with Crippen LogP contribution in [0.5, 0.6) is 0 Å². The summed E-state index contributed by atoms with van der Waals surface area (Å²) in [4.78, 5) is 12.7. The molecule has 1 unspecified atom stereocenters. The van der Waals surface area contributed by atoms with Gasteiger partial charge in [-0.25, -0.2) is 4.79 Å². The standard InChI is InChI=1S/C14H19NO3S/c1-2-17-14(16)11-6-3-7-12(15)13(11)19-9-10-5-4-8-18-10/h3,6-7,10H,2,4-5,8-9,15H2,1H3. The Morgan fingerprint density at radius 3 is 3.11 bits per heavy atom. The van der Waals surface area contributed by atoms with E-state index in [0.29, 0.717) is 17.9 Å². The number of ether oxygens (including phenoxy) is 2. The van der Waals surface area contributed by atoms with Gasteiger partial charge >= 0.3 is 5.97 Å². The zero-order valence-corrected chi connectivity index (χ0v) is 11.9. The SMILES string of the molecule is CCOC(=O)c1cccc(N)c1SCC1CCCO1. The van der Waals surface area contributed by atoms with Crippen molar-refractivity contribution < 1.29 is 14.3 Å². The number of anilines is 1. The summed E-state index contributed by atoms with van der Waals surface area (Å²) in [6, 6.07) is 5.34. The molecule has 1 heterocycles. The molecule has 1 aliphatic rings. The van der Waals surface area contributed by atoms with Crippen molar-refractivity contribution in [2.75, 3.05) is 24.7 Å². The van der Waals surface area contributed by atoms with Gasteiger partial charge in [0, 0.05) is 22.9 Å². The summed E-state index contributed by atoms with van der Waals surface area (Å²) in [5.41, 5.74) is 7.14. The van der Waals surface area contributed by atoms with E-state index in [2.05, 4.69) is 0 Å². The molecule has 0 amide bonds. The zero-order chi connectivity index (χ0) is 13.7. The van der Waals surface area contributed by atoms with Gasteiger partial charge in [0.2, 0.25) is 0 Å². The number of benzene rings is 1. The maximum Gasteiger partial charge on any atom is 0.339 e. The molecule has 0 aliphatic carbocycles. The van der Waals surface area contributed by atoms with E-state index in [0.717, 1.165) is 30.1 Å². The molecule has 1 saturated heterocycles. The Morgan fingerprint density at radius 1 is 1.58 bits per heavy atom. The number of hydrogen-bond acceptors (Lipinski definition) is 5. The Hall–Kier alpha value is -1.20. The highest BCUT2D eigenvalue weighted by molar-refractivity contribution is 7.99. The molecule has 104 valence electrons. The third kappa shape index (κ3) is 3.64. The molecule has 1 aliphatic heterocycles. The molecule has 1 atom stereocenters. The molecule has 0 radical (unpaired) electrons. The third-order valence-electron chi connectivity index (χ3n) is 2.98. The van der Waals surface area contributed by atoms with E-state index in [4.69, 9.17) is 15.2 Å². The lowest BCUT2D eigenvalue weighted by molar-refractivity contribution is 0.0522. The van der Waals surface area contributed by atoms with Crippen molar-refractivity contribution in [2.24, 2.45) is 0 Å². The first-order chi connectivity index (χ1) is 9.22. The van der Waals surface area contributed by atoms with Gasteiger partial charge < -0.3 is 15.2 Å². The first kappa shape index (κ1) is 14.2. The Balaban J connectivity index is 2.10. The van der Waals surface area contributed by atoms with Crippen molar-refractivity contribution in [3.8, 4) is 0 Å². The van der Waals surface area contributed by atoms with Crippen LogP contribution in [0.2, 0.25) is 0 Å². The predicted octanol–water partition coefficient (Wildman–Crippen LogP) is 2.72. The number of thioether (sulfide) groups is 1. The van der Waals surface area contributed by atoms with Crippen molar-refractivity contribution in [2.45, 2.75) is 30.8 Å². The maximum atomic E-state index is 11.9. The summed E-state index contributed by atoms with van der Waals surface area (Å²) < 4.78 is 10.6. The molecule has 2 rings (SSSR count). The van der Waals surface area contributed by atoms with Crippen LogP contribution in [0.4, 0.5) is 5.69 Å². The number of carbonyl (C=O) groups is 1. The van der Waals surface area contributed by atoms with Gasteiger partial charge in [0.05, 0.1) is 18.3 Å². The van der Waals surface area contributed by atoms with Crippen LogP contribution in [0.3, 0.4) is 0 Å². The van der Waals surface area contributed by atoms with Crippen LogP contribution in [-0.4, -0.2) is 31.0 Å². The molecule has 1 aromatic carbocycles. The van der Waals surface area contributed by atoms with Crippen LogP contribution in [0.15, 0.2) is 23.1 Å². The van der Waals surface area contributed by atoms with Crippen LogP contribution < -0.4 is 5.73 Å². The average molecular weight is 281 g/mol. The second-order valence-electron chi connectivity index (χ2n) is 4.39. The molecular formula is C14H19NO3S. The topological polar surface area (TPSA) is 61.5 Å². The number of rotatable bonds is 5. The Labute approximate surface area is 117 Å². The van der Waals surface area contributed by atoms with E-state index in [1.54, 1.807) is 36.9 Å². The molecule has 0 bridgehead atoms. The molecular weight excluding hydrogens is 262 g/mol. The van der Waals surface area contributed by atoms with Crippen LogP contribution in [-0.2, 0) is 9.47 Å². The molecule has 0 aromatic heterocycles. The van der Waals surface area contributed by atoms with Crippen molar-refractivity contribution in [1.29, 1.82) is 0 Å². The summed E-state index contributed by atoms with van der Waals surface area (Å²) in [7, 11) is 0. The lowest BCUT2D eigenvalue weighted by atomic mass is 10.2. The molecule has 1 aromatic rings. The van der Waals surface area contributed by atoms with Gasteiger partial charge in [-0.2, -0.15) is 0 Å². The molecule has 0 spiro atoms. The fourth-order valence-corrected chi connectivity index (χ4v) is 3.19. The second kappa shape index (κ2) is 6.82. The zero-order valence-electron chi connectivity index (χ0n) is 11.1. The predicted molar refractivity (Wildman–Crippen MR) is 76.5 cm³/mol. The summed E-state index contributed by atoms with van der Waals surface area (Å²) >= 11 is 1.57. The number of carbonyl (C=O) groups excluding carboxylic acids is 1. The van der Waals surface area contributed by atoms with Crippen LogP contribution in [0.25, 0.3) is 0 Å². The highest BCUT2D eigenvalue weighted by atomic mass is 32.2. The van der Waals surface area contributed by atoms with E-state index in [1.807, 2.05) is 0 Å². The Kier molecular flexibility index (Phi) is 5.10. The quantitative estimate of drug-likeness (QED) is 0.511. The maximum absolute atomic E-state index is 11.9. The fraction of sp³-hybridized carbons (Fsp3) is 0.500. The van der Waals surface area contributed by atoms with E-state index in [1.165, 1.54) is 0 Å². The molecule has 0 saturated carbocycles. The van der Waals surface area contributed by atoms with Gasteiger partial charge in [-0.1, -0.05) is 6.07 Å². The third-order valence-corrected chi connectivity index (χ3v) is 4.26. The van der Waals surface area contributed by atoms with Crippen molar-refractivity contribution in [3.63, 3.8) is 0 Å². The molecule has 5 heteroatoms. The minimum atomic E-state index is -0.315. The van der Waals surface area contributed by atoms with Gasteiger partial charge in [0.25, 0.3) is 0 Å². The second-order valence-corrected chi connectivity index (χ2v) is 5.42. The Bertz CT molecular complexity index is 444. The van der Waals surface area contributed by atoms with Gasteiger partial charge in [-0.05, 0) is 31.9 Å². The average Bonchev–Trinajstić information content (AvgIpc) is 2.90. The minimum absolute atomic E-state index is 0.264. The van der Waals surface area contributed by atoms with Crippen molar-refractivity contribution >= 4 is 23.4 Å². The number of hydrogen-bond donors (Lipinski definition) is 1. The highest BCUT2D eigenvalue weighted by Crippen LogP contribution is 2.31. The minimum Gasteiger partial charge on any atom is -0.462 e. The largest absolute Gasteiger partial charge is 0.462 e. The first-order valence-electron chi connectivity index (χ1n) is 6.52. The number of esters is 1. The van der Waals surface area contributed by atoms with E-state index < -0.39 is 0 Å². The lowest BCUT2D eigenvalue weighted by Crippen LogP contribution is -2.11. The smallest absolute Gasteiger partial charge is 0.339 e. The normalized spacial score (nSPS) is 18.5. The van der Waals surface area contributed by atoms with E-state index in [9.17, 15) is 4.79 Å². The van der Waals surface area contributed by atoms with E-state index in [-0.39, 0.29) is 12.1 Å². The van der Waals surface area contributed by atoms with Gasteiger partial charge in [-0.15, -0.1) is 11.8 Å². The van der Waals surface area contributed by atoms with Crippen molar-refractivity contribution in [3.05, 3.63) is 23.8 Å². The Morgan fingerprint density at radius 2 is 2.42 bits per heavy atom. The van der Waals surface area contributed by atoms with Gasteiger partial charge in [0.15, 0.2) is 0 Å². The molecule has 4 nitrogen and oxygen atoms in total. The molecule has 19 heavy (non-hydrogen) atoms. The fourth-order valence-electron chi connectivity index (χ4n) is 2.04. The summed E-state index contributed by atoms with van der Waals surface area (Å²) in [5.74, 6) is 0.505.